The Labute approximate surface area is 84.1 Å². The maximum Gasteiger partial charge on any atom is 0.158 e. The van der Waals surface area contributed by atoms with Crippen LogP contribution < -0.4 is 0 Å². The van der Waals surface area contributed by atoms with Crippen LogP contribution in [0.2, 0.25) is 0 Å². The summed E-state index contributed by atoms with van der Waals surface area (Å²) in [6.45, 7) is 0. The van der Waals surface area contributed by atoms with Crippen LogP contribution in [-0.2, 0) is 17.6 Å². The van der Waals surface area contributed by atoms with Gasteiger partial charge in [0.2, 0.25) is 0 Å². The number of methoxy groups -OCH3 is 1. The summed E-state index contributed by atoms with van der Waals surface area (Å²) in [4.78, 5) is 0. The molecule has 1 unspecified atom stereocenters. The third-order valence-electron chi connectivity index (χ3n) is 2.99. The second kappa shape index (κ2) is 3.43. The Kier molecular flexibility index (Phi) is 2.26. The Morgan fingerprint density at radius 1 is 1.36 bits per heavy atom. The van der Waals surface area contributed by atoms with Gasteiger partial charge < -0.3 is 4.74 Å². The highest BCUT2D eigenvalue weighted by Crippen LogP contribution is 2.30. The summed E-state index contributed by atoms with van der Waals surface area (Å²) in [5.41, 5.74) is 2.02. The number of hydrogen-bond donors (Lipinski definition) is 0. The quantitative estimate of drug-likeness (QED) is 0.674. The lowest BCUT2D eigenvalue weighted by Gasteiger charge is -2.30. The van der Waals surface area contributed by atoms with Crippen LogP contribution in [0.4, 0.5) is 0 Å². The number of ether oxygens (including phenoxy) is 1. The molecule has 2 rings (SSSR count). The van der Waals surface area contributed by atoms with E-state index >= 15 is 0 Å². The van der Waals surface area contributed by atoms with Gasteiger partial charge in [0.25, 0.3) is 0 Å². The maximum absolute atomic E-state index is 9.09. The van der Waals surface area contributed by atoms with Gasteiger partial charge in [-0.05, 0) is 24.0 Å². The highest BCUT2D eigenvalue weighted by molar-refractivity contribution is 5.33. The second-order valence-electron chi connectivity index (χ2n) is 3.76. The largest absolute Gasteiger partial charge is 0.363 e. The van der Waals surface area contributed by atoms with Crippen molar-refractivity contribution in [2.45, 2.75) is 24.9 Å². The molecule has 0 aromatic heterocycles. The van der Waals surface area contributed by atoms with E-state index in [4.69, 9.17) is 10.00 Å². The molecule has 1 aliphatic rings. The summed E-state index contributed by atoms with van der Waals surface area (Å²) >= 11 is 0. The fourth-order valence-electron chi connectivity index (χ4n) is 2.02. The van der Waals surface area contributed by atoms with Gasteiger partial charge in [0.1, 0.15) is 0 Å². The van der Waals surface area contributed by atoms with Gasteiger partial charge in [-0.1, -0.05) is 24.3 Å². The molecule has 14 heavy (non-hydrogen) atoms. The van der Waals surface area contributed by atoms with Crippen LogP contribution in [0.3, 0.4) is 0 Å². The average Bonchev–Trinajstić information content (AvgIpc) is 2.28. The molecule has 0 heterocycles. The van der Waals surface area contributed by atoms with Gasteiger partial charge in [-0.15, -0.1) is 0 Å². The molecule has 0 amide bonds. The fourth-order valence-corrected chi connectivity index (χ4v) is 2.02. The number of nitriles is 1. The average molecular weight is 187 g/mol. The normalized spacial score (nSPS) is 25.1. The van der Waals surface area contributed by atoms with Crippen molar-refractivity contribution in [2.75, 3.05) is 7.11 Å². The van der Waals surface area contributed by atoms with Crippen LogP contribution in [-0.4, -0.2) is 12.7 Å². The predicted octanol–water partition coefficient (Wildman–Crippen LogP) is 2.08. The van der Waals surface area contributed by atoms with Gasteiger partial charge in [-0.2, -0.15) is 5.26 Å². The molecule has 1 atom stereocenters. The predicted molar refractivity (Wildman–Crippen MR) is 53.8 cm³/mol. The summed E-state index contributed by atoms with van der Waals surface area (Å²) < 4.78 is 5.32. The molecule has 0 spiro atoms. The van der Waals surface area contributed by atoms with E-state index in [1.165, 1.54) is 11.1 Å². The second-order valence-corrected chi connectivity index (χ2v) is 3.76. The molecule has 0 bridgehead atoms. The number of fused-ring (bicyclic) bond motifs is 1. The summed E-state index contributed by atoms with van der Waals surface area (Å²) in [6, 6.07) is 10.6. The maximum atomic E-state index is 9.09. The summed E-state index contributed by atoms with van der Waals surface area (Å²) in [5, 5.41) is 9.09. The first-order valence-electron chi connectivity index (χ1n) is 4.83. The Morgan fingerprint density at radius 3 is 2.71 bits per heavy atom. The first-order valence-corrected chi connectivity index (χ1v) is 4.83. The number of benzene rings is 1. The van der Waals surface area contributed by atoms with Crippen LogP contribution in [0.5, 0.6) is 0 Å². The van der Waals surface area contributed by atoms with E-state index in [1.54, 1.807) is 7.11 Å². The fraction of sp³-hybridized carbons (Fsp3) is 0.417. The van der Waals surface area contributed by atoms with Crippen LogP contribution in [0.1, 0.15) is 17.5 Å². The van der Waals surface area contributed by atoms with E-state index in [9.17, 15) is 0 Å². The van der Waals surface area contributed by atoms with Gasteiger partial charge in [0.15, 0.2) is 5.60 Å². The zero-order valence-corrected chi connectivity index (χ0v) is 8.29. The molecule has 0 N–H and O–H groups in total. The molecule has 1 aromatic carbocycles. The number of aryl methyl sites for hydroxylation is 1. The van der Waals surface area contributed by atoms with E-state index in [0.29, 0.717) is 0 Å². The topological polar surface area (TPSA) is 33.0 Å². The lowest BCUT2D eigenvalue weighted by Crippen LogP contribution is -2.36. The zero-order valence-electron chi connectivity index (χ0n) is 8.29. The van der Waals surface area contributed by atoms with Crippen molar-refractivity contribution in [1.29, 1.82) is 5.26 Å². The summed E-state index contributed by atoms with van der Waals surface area (Å²) in [6.07, 6.45) is 2.46. The summed E-state index contributed by atoms with van der Waals surface area (Å²) in [7, 11) is 1.62. The van der Waals surface area contributed by atoms with E-state index < -0.39 is 5.60 Å². The standard InChI is InChI=1S/C12H13NO/c1-14-12(9-13)7-6-10-4-2-3-5-11(10)8-12/h2-5H,6-8H2,1H3. The zero-order chi connectivity index (χ0) is 10.0. The summed E-state index contributed by atoms with van der Waals surface area (Å²) in [5.74, 6) is 0. The smallest absolute Gasteiger partial charge is 0.158 e. The lowest BCUT2D eigenvalue weighted by atomic mass is 9.81. The first kappa shape index (κ1) is 9.23. The van der Waals surface area contributed by atoms with Crippen molar-refractivity contribution in [3.05, 3.63) is 35.4 Å². The molecule has 0 saturated carbocycles. The van der Waals surface area contributed by atoms with Gasteiger partial charge >= 0.3 is 0 Å². The number of hydrogen-bond acceptors (Lipinski definition) is 2. The third-order valence-corrected chi connectivity index (χ3v) is 2.99. The number of rotatable bonds is 1. The van der Waals surface area contributed by atoms with E-state index in [0.717, 1.165) is 19.3 Å². The molecule has 1 aromatic rings. The van der Waals surface area contributed by atoms with Crippen LogP contribution in [0.15, 0.2) is 24.3 Å². The Morgan fingerprint density at radius 2 is 2.07 bits per heavy atom. The molecule has 2 nitrogen and oxygen atoms in total. The van der Waals surface area contributed by atoms with E-state index in [1.807, 2.05) is 12.1 Å². The number of nitrogens with zero attached hydrogens (tertiary/aromatic N) is 1. The van der Waals surface area contributed by atoms with Crippen LogP contribution >= 0.6 is 0 Å². The molecular weight excluding hydrogens is 174 g/mol. The van der Waals surface area contributed by atoms with Gasteiger partial charge in [-0.3, -0.25) is 0 Å². The SMILES string of the molecule is COC1(C#N)CCc2ccccc2C1. The van der Waals surface area contributed by atoms with Gasteiger partial charge in [-0.25, -0.2) is 0 Å². The van der Waals surface area contributed by atoms with Crippen LogP contribution in [0, 0.1) is 11.3 Å². The van der Waals surface area contributed by atoms with Crippen molar-refractivity contribution in [1.82, 2.24) is 0 Å². The van der Waals surface area contributed by atoms with E-state index in [2.05, 4.69) is 18.2 Å². The van der Waals surface area contributed by atoms with Crippen molar-refractivity contribution >= 4 is 0 Å². The Bertz CT molecular complexity index is 380. The molecule has 72 valence electrons. The molecule has 1 aliphatic carbocycles. The molecule has 0 aliphatic heterocycles. The minimum Gasteiger partial charge on any atom is -0.363 e. The highest BCUT2D eigenvalue weighted by Gasteiger charge is 2.34. The van der Waals surface area contributed by atoms with Gasteiger partial charge in [0.05, 0.1) is 6.07 Å². The minimum atomic E-state index is -0.589. The van der Waals surface area contributed by atoms with Crippen molar-refractivity contribution < 1.29 is 4.74 Å². The minimum absolute atomic E-state index is 0.589. The highest BCUT2D eigenvalue weighted by atomic mass is 16.5. The Balaban J connectivity index is 2.34. The van der Waals surface area contributed by atoms with Crippen molar-refractivity contribution in [2.24, 2.45) is 0 Å². The lowest BCUT2D eigenvalue weighted by molar-refractivity contribution is 0.0277. The molecule has 2 heteroatoms. The molecular formula is C12H13NO. The molecule has 0 radical (unpaired) electrons. The monoisotopic (exact) mass is 187 g/mol. The van der Waals surface area contributed by atoms with Crippen molar-refractivity contribution in [3.8, 4) is 6.07 Å². The third kappa shape index (κ3) is 1.40. The molecule has 0 saturated heterocycles. The Hall–Kier alpha value is -1.33. The first-order chi connectivity index (χ1) is 6.79. The van der Waals surface area contributed by atoms with E-state index in [-0.39, 0.29) is 0 Å². The molecule has 0 fully saturated rings. The van der Waals surface area contributed by atoms with Gasteiger partial charge in [0, 0.05) is 13.5 Å². The van der Waals surface area contributed by atoms with Crippen molar-refractivity contribution in [3.63, 3.8) is 0 Å². The van der Waals surface area contributed by atoms with Crippen LogP contribution in [0.25, 0.3) is 0 Å².